The SMILES string of the molecule is CC1(C)CN(C(=O)NC[C@@H]2C[C@@H](c3ncn[nH]3)C[C@@H]2O)[C@@H]2CCC[C@@H]21. The fourth-order valence-electron chi connectivity index (χ4n) is 5.40. The van der Waals surface area contributed by atoms with Gasteiger partial charge in [0.2, 0.25) is 0 Å². The lowest BCUT2D eigenvalue weighted by Crippen LogP contribution is -2.45. The number of likely N-dealkylation sites (tertiary alicyclic amines) is 1. The van der Waals surface area contributed by atoms with Crippen molar-refractivity contribution in [3.63, 3.8) is 0 Å². The number of fused-ring (bicyclic) bond motifs is 1. The lowest BCUT2D eigenvalue weighted by atomic mass is 9.80. The van der Waals surface area contributed by atoms with Gasteiger partial charge in [0.15, 0.2) is 0 Å². The Bertz CT molecular complexity index is 617. The van der Waals surface area contributed by atoms with Gasteiger partial charge in [-0.05, 0) is 37.0 Å². The third-order valence-electron chi connectivity index (χ3n) is 6.72. The quantitative estimate of drug-likeness (QED) is 0.778. The molecule has 25 heavy (non-hydrogen) atoms. The van der Waals surface area contributed by atoms with Crippen LogP contribution in [-0.2, 0) is 0 Å². The maximum absolute atomic E-state index is 12.8. The van der Waals surface area contributed by atoms with E-state index < -0.39 is 6.10 Å². The summed E-state index contributed by atoms with van der Waals surface area (Å²) in [6.45, 7) is 5.93. The van der Waals surface area contributed by atoms with Crippen molar-refractivity contribution in [3.8, 4) is 0 Å². The molecule has 1 aromatic heterocycles. The fourth-order valence-corrected chi connectivity index (χ4v) is 5.40. The van der Waals surface area contributed by atoms with E-state index in [1.165, 1.54) is 19.2 Å². The Kier molecular flexibility index (Phi) is 4.22. The number of H-pyrrole nitrogens is 1. The number of hydrogen-bond acceptors (Lipinski definition) is 4. The average Bonchev–Trinajstić information content (AvgIpc) is 3.31. The van der Waals surface area contributed by atoms with Crippen LogP contribution >= 0.6 is 0 Å². The number of aromatic amines is 1. The predicted molar refractivity (Wildman–Crippen MR) is 92.9 cm³/mol. The number of rotatable bonds is 3. The Hall–Kier alpha value is -1.63. The standard InChI is InChI=1S/C18H29N5O2/c1-18(2)9-23(14-5-3-4-13(14)18)17(25)19-8-12-6-11(7-15(12)24)16-20-10-21-22-16/h10-15,24H,3-9H2,1-2H3,(H,19,25)(H,20,21,22)/t11-,12+,13+,14-,15+/m1/s1. The molecule has 5 atom stereocenters. The molecule has 3 N–H and O–H groups in total. The normalized spacial score (nSPS) is 36.6. The zero-order chi connectivity index (χ0) is 17.6. The molecule has 7 heteroatoms. The van der Waals surface area contributed by atoms with Gasteiger partial charge in [-0.3, -0.25) is 5.10 Å². The van der Waals surface area contributed by atoms with Crippen LogP contribution in [-0.4, -0.2) is 56.5 Å². The molecular formula is C18H29N5O2. The van der Waals surface area contributed by atoms with Crippen LogP contribution in [0.4, 0.5) is 4.79 Å². The monoisotopic (exact) mass is 347 g/mol. The average molecular weight is 347 g/mol. The highest BCUT2D eigenvalue weighted by Crippen LogP contribution is 2.48. The molecule has 138 valence electrons. The second kappa shape index (κ2) is 6.27. The molecule has 0 spiro atoms. The maximum atomic E-state index is 12.8. The Morgan fingerprint density at radius 1 is 1.44 bits per heavy atom. The molecule has 1 aromatic rings. The summed E-state index contributed by atoms with van der Waals surface area (Å²) in [7, 11) is 0. The second-order valence-corrected chi connectivity index (χ2v) is 8.77. The van der Waals surface area contributed by atoms with Crippen LogP contribution in [0.15, 0.2) is 6.33 Å². The van der Waals surface area contributed by atoms with Crippen molar-refractivity contribution in [2.24, 2.45) is 17.3 Å². The topological polar surface area (TPSA) is 94.1 Å². The van der Waals surface area contributed by atoms with Crippen LogP contribution in [0.3, 0.4) is 0 Å². The van der Waals surface area contributed by atoms with Gasteiger partial charge in [-0.2, -0.15) is 5.10 Å². The van der Waals surface area contributed by atoms with E-state index >= 15 is 0 Å². The molecule has 2 amide bonds. The smallest absolute Gasteiger partial charge is 0.317 e. The maximum Gasteiger partial charge on any atom is 0.317 e. The van der Waals surface area contributed by atoms with E-state index in [1.807, 2.05) is 4.90 Å². The summed E-state index contributed by atoms with van der Waals surface area (Å²) in [6.07, 6.45) is 6.20. The molecule has 0 bridgehead atoms. The van der Waals surface area contributed by atoms with Crippen molar-refractivity contribution < 1.29 is 9.90 Å². The molecule has 1 aliphatic heterocycles. The van der Waals surface area contributed by atoms with Gasteiger partial charge in [-0.1, -0.05) is 20.3 Å². The van der Waals surface area contributed by atoms with Crippen molar-refractivity contribution in [2.75, 3.05) is 13.1 Å². The highest BCUT2D eigenvalue weighted by Gasteiger charge is 2.50. The number of aliphatic hydroxyl groups is 1. The van der Waals surface area contributed by atoms with Crippen molar-refractivity contribution in [3.05, 3.63) is 12.2 Å². The van der Waals surface area contributed by atoms with Crippen molar-refractivity contribution in [2.45, 2.75) is 64.0 Å². The highest BCUT2D eigenvalue weighted by molar-refractivity contribution is 5.75. The van der Waals surface area contributed by atoms with Crippen molar-refractivity contribution >= 4 is 6.03 Å². The summed E-state index contributed by atoms with van der Waals surface area (Å²) >= 11 is 0. The summed E-state index contributed by atoms with van der Waals surface area (Å²) in [6, 6.07) is 0.434. The zero-order valence-electron chi connectivity index (χ0n) is 15.1. The first kappa shape index (κ1) is 16.8. The minimum Gasteiger partial charge on any atom is -0.393 e. The van der Waals surface area contributed by atoms with Gasteiger partial charge < -0.3 is 15.3 Å². The van der Waals surface area contributed by atoms with Crippen LogP contribution < -0.4 is 5.32 Å². The highest BCUT2D eigenvalue weighted by atomic mass is 16.3. The number of urea groups is 1. The van der Waals surface area contributed by atoms with Crippen LogP contribution in [0.25, 0.3) is 0 Å². The molecule has 7 nitrogen and oxygen atoms in total. The molecular weight excluding hydrogens is 318 g/mol. The van der Waals surface area contributed by atoms with E-state index in [0.29, 0.717) is 24.9 Å². The van der Waals surface area contributed by atoms with E-state index in [4.69, 9.17) is 0 Å². The van der Waals surface area contributed by atoms with Gasteiger partial charge in [0.25, 0.3) is 0 Å². The molecule has 0 radical (unpaired) electrons. The molecule has 3 fully saturated rings. The molecule has 1 saturated heterocycles. The van der Waals surface area contributed by atoms with E-state index in [2.05, 4.69) is 34.3 Å². The number of carbonyl (C=O) groups excluding carboxylic acids is 1. The molecule has 3 aliphatic rings. The predicted octanol–water partition coefficient (Wildman–Crippen LogP) is 1.88. The Morgan fingerprint density at radius 3 is 3.04 bits per heavy atom. The number of amides is 2. The van der Waals surface area contributed by atoms with E-state index in [1.54, 1.807) is 0 Å². The third-order valence-corrected chi connectivity index (χ3v) is 6.72. The minimum absolute atomic E-state index is 0.0396. The first-order valence-corrected chi connectivity index (χ1v) is 9.53. The minimum atomic E-state index is -0.398. The lowest BCUT2D eigenvalue weighted by Gasteiger charge is -2.25. The lowest BCUT2D eigenvalue weighted by molar-refractivity contribution is 0.129. The van der Waals surface area contributed by atoms with Gasteiger partial charge >= 0.3 is 6.03 Å². The first-order chi connectivity index (χ1) is 12.0. The van der Waals surface area contributed by atoms with Crippen molar-refractivity contribution in [1.29, 1.82) is 0 Å². The Balaban J connectivity index is 1.33. The molecule has 0 unspecified atom stereocenters. The zero-order valence-corrected chi connectivity index (χ0v) is 15.1. The van der Waals surface area contributed by atoms with Crippen LogP contribution in [0.1, 0.15) is 57.7 Å². The second-order valence-electron chi connectivity index (χ2n) is 8.77. The van der Waals surface area contributed by atoms with Crippen molar-refractivity contribution in [1.82, 2.24) is 25.4 Å². The van der Waals surface area contributed by atoms with E-state index in [-0.39, 0.29) is 23.3 Å². The summed E-state index contributed by atoms with van der Waals surface area (Å²) in [5, 5.41) is 20.2. The molecule has 0 aromatic carbocycles. The van der Waals surface area contributed by atoms with Gasteiger partial charge in [-0.15, -0.1) is 0 Å². The summed E-state index contributed by atoms with van der Waals surface area (Å²) in [5.74, 6) is 1.74. The Morgan fingerprint density at radius 2 is 2.28 bits per heavy atom. The van der Waals surface area contributed by atoms with Gasteiger partial charge in [0, 0.05) is 31.0 Å². The molecule has 2 heterocycles. The first-order valence-electron chi connectivity index (χ1n) is 9.53. The molecule has 2 aliphatic carbocycles. The number of nitrogens with one attached hydrogen (secondary N) is 2. The fraction of sp³-hybridized carbons (Fsp3) is 0.833. The Labute approximate surface area is 148 Å². The van der Waals surface area contributed by atoms with E-state index in [0.717, 1.165) is 25.2 Å². The number of aliphatic hydroxyl groups excluding tert-OH is 1. The van der Waals surface area contributed by atoms with Gasteiger partial charge in [-0.25, -0.2) is 9.78 Å². The summed E-state index contributed by atoms with van der Waals surface area (Å²) in [4.78, 5) is 19.0. The number of nitrogens with zero attached hydrogens (tertiary/aromatic N) is 3. The number of aromatic nitrogens is 3. The molecule has 4 rings (SSSR count). The summed E-state index contributed by atoms with van der Waals surface area (Å²) < 4.78 is 0. The number of carbonyl (C=O) groups is 1. The summed E-state index contributed by atoms with van der Waals surface area (Å²) in [5.41, 5.74) is 0.211. The van der Waals surface area contributed by atoms with Gasteiger partial charge in [0.1, 0.15) is 12.2 Å². The third kappa shape index (κ3) is 3.03. The largest absolute Gasteiger partial charge is 0.393 e. The van der Waals surface area contributed by atoms with Crippen LogP contribution in [0.2, 0.25) is 0 Å². The number of hydrogen-bond donors (Lipinski definition) is 3. The van der Waals surface area contributed by atoms with Gasteiger partial charge in [0.05, 0.1) is 6.10 Å². The van der Waals surface area contributed by atoms with Crippen LogP contribution in [0.5, 0.6) is 0 Å². The van der Waals surface area contributed by atoms with Crippen LogP contribution in [0, 0.1) is 17.3 Å². The van der Waals surface area contributed by atoms with E-state index in [9.17, 15) is 9.90 Å². The molecule has 2 saturated carbocycles.